The minimum Gasteiger partial charge on any atom is -0.382 e. The predicted molar refractivity (Wildman–Crippen MR) is 77.7 cm³/mol. The molecular formula is C16H22N2O2. The highest BCUT2D eigenvalue weighted by Gasteiger charge is 2.47. The normalized spacial score (nSPS) is 19.6. The molecule has 1 saturated carbocycles. The van der Waals surface area contributed by atoms with Gasteiger partial charge in [-0.25, -0.2) is 0 Å². The van der Waals surface area contributed by atoms with Crippen LogP contribution in [0.25, 0.3) is 0 Å². The van der Waals surface area contributed by atoms with Gasteiger partial charge in [0.1, 0.15) is 0 Å². The van der Waals surface area contributed by atoms with Crippen LogP contribution >= 0.6 is 0 Å². The van der Waals surface area contributed by atoms with E-state index in [4.69, 9.17) is 4.74 Å². The van der Waals surface area contributed by atoms with Crippen molar-refractivity contribution in [2.75, 3.05) is 24.7 Å². The van der Waals surface area contributed by atoms with E-state index < -0.39 is 0 Å². The fourth-order valence-electron chi connectivity index (χ4n) is 3.31. The van der Waals surface area contributed by atoms with E-state index in [-0.39, 0.29) is 5.41 Å². The molecule has 3 rings (SSSR count). The number of ether oxygens (including phenoxy) is 1. The van der Waals surface area contributed by atoms with E-state index in [1.54, 1.807) is 6.20 Å². The standard InChI is InChI=1S/C16H22N2O2/c1-2-20-11-8-16(6-3-7-16)15(19)18-10-5-13-12-17-9-4-14(13)18/h4,9,12H,2-3,5-8,10-11H2,1H3. The zero-order valence-electron chi connectivity index (χ0n) is 12.1. The molecule has 0 radical (unpaired) electrons. The highest BCUT2D eigenvalue weighted by atomic mass is 16.5. The molecule has 1 aliphatic carbocycles. The van der Waals surface area contributed by atoms with Gasteiger partial charge in [0.15, 0.2) is 0 Å². The Balaban J connectivity index is 1.75. The minimum absolute atomic E-state index is 0.167. The quantitative estimate of drug-likeness (QED) is 0.775. The van der Waals surface area contributed by atoms with Crippen molar-refractivity contribution in [1.29, 1.82) is 0 Å². The first-order valence-corrected chi connectivity index (χ1v) is 7.59. The topological polar surface area (TPSA) is 42.4 Å². The number of carbonyl (C=O) groups excluding carboxylic acids is 1. The Hall–Kier alpha value is -1.42. The van der Waals surface area contributed by atoms with E-state index in [0.717, 1.165) is 50.9 Å². The minimum atomic E-state index is -0.167. The molecule has 0 saturated heterocycles. The molecule has 20 heavy (non-hydrogen) atoms. The van der Waals surface area contributed by atoms with Crippen LogP contribution in [0.2, 0.25) is 0 Å². The number of hydrogen-bond donors (Lipinski definition) is 0. The van der Waals surface area contributed by atoms with Crippen molar-refractivity contribution < 1.29 is 9.53 Å². The number of hydrogen-bond acceptors (Lipinski definition) is 3. The van der Waals surface area contributed by atoms with Crippen molar-refractivity contribution in [1.82, 2.24) is 4.98 Å². The van der Waals surface area contributed by atoms with Crippen molar-refractivity contribution in [2.45, 2.75) is 39.0 Å². The monoisotopic (exact) mass is 274 g/mol. The van der Waals surface area contributed by atoms with E-state index in [1.165, 1.54) is 5.56 Å². The summed E-state index contributed by atoms with van der Waals surface area (Å²) in [6, 6.07) is 1.97. The molecule has 4 nitrogen and oxygen atoms in total. The molecule has 0 bridgehead atoms. The summed E-state index contributed by atoms with van der Waals surface area (Å²) in [5, 5.41) is 0. The number of pyridine rings is 1. The summed E-state index contributed by atoms with van der Waals surface area (Å²) in [6.07, 6.45) is 8.63. The highest BCUT2D eigenvalue weighted by molar-refractivity contribution is 5.99. The molecule has 2 aliphatic rings. The first-order chi connectivity index (χ1) is 9.77. The first kappa shape index (κ1) is 13.6. The van der Waals surface area contributed by atoms with E-state index in [9.17, 15) is 4.79 Å². The van der Waals surface area contributed by atoms with Crippen LogP contribution in [-0.2, 0) is 16.0 Å². The summed E-state index contributed by atoms with van der Waals surface area (Å²) in [4.78, 5) is 19.1. The zero-order chi connectivity index (χ0) is 14.0. The predicted octanol–water partition coefficient (Wildman–Crippen LogP) is 2.57. The molecule has 2 heterocycles. The lowest BCUT2D eigenvalue weighted by molar-refractivity contribution is -0.134. The van der Waals surface area contributed by atoms with Crippen LogP contribution in [0.15, 0.2) is 18.5 Å². The van der Waals surface area contributed by atoms with Crippen molar-refractivity contribution >= 4 is 11.6 Å². The Labute approximate surface area is 120 Å². The SMILES string of the molecule is CCOCCC1(C(=O)N2CCc3cnccc32)CCC1. The van der Waals surface area contributed by atoms with Gasteiger partial charge in [0, 0.05) is 37.8 Å². The summed E-state index contributed by atoms with van der Waals surface area (Å²) in [7, 11) is 0. The highest BCUT2D eigenvalue weighted by Crippen LogP contribution is 2.47. The summed E-state index contributed by atoms with van der Waals surface area (Å²) in [5.74, 6) is 0.299. The largest absolute Gasteiger partial charge is 0.382 e. The number of carbonyl (C=O) groups is 1. The number of aromatic nitrogens is 1. The van der Waals surface area contributed by atoms with Crippen molar-refractivity contribution in [3.8, 4) is 0 Å². The van der Waals surface area contributed by atoms with E-state index in [2.05, 4.69) is 4.98 Å². The molecule has 4 heteroatoms. The van der Waals surface area contributed by atoms with Gasteiger partial charge in [0.2, 0.25) is 5.91 Å². The van der Waals surface area contributed by atoms with Gasteiger partial charge in [-0.15, -0.1) is 0 Å². The molecule has 0 spiro atoms. The number of rotatable bonds is 5. The third-order valence-electron chi connectivity index (χ3n) is 4.71. The van der Waals surface area contributed by atoms with Crippen LogP contribution in [0, 0.1) is 5.41 Å². The lowest BCUT2D eigenvalue weighted by Crippen LogP contribution is -2.48. The Morgan fingerprint density at radius 1 is 1.50 bits per heavy atom. The van der Waals surface area contributed by atoms with Crippen LogP contribution in [0.1, 0.15) is 38.2 Å². The Kier molecular flexibility index (Phi) is 3.74. The van der Waals surface area contributed by atoms with Crippen LogP contribution in [0.4, 0.5) is 5.69 Å². The molecule has 1 aromatic rings. The lowest BCUT2D eigenvalue weighted by Gasteiger charge is -2.42. The fourth-order valence-corrected chi connectivity index (χ4v) is 3.31. The summed E-state index contributed by atoms with van der Waals surface area (Å²) in [6.45, 7) is 4.22. The van der Waals surface area contributed by atoms with Crippen LogP contribution in [0.5, 0.6) is 0 Å². The molecule has 0 atom stereocenters. The average Bonchev–Trinajstić information content (AvgIpc) is 2.85. The molecule has 108 valence electrons. The number of amides is 1. The Bertz CT molecular complexity index is 497. The molecule has 0 N–H and O–H groups in total. The molecule has 1 aliphatic heterocycles. The van der Waals surface area contributed by atoms with Crippen LogP contribution in [-0.4, -0.2) is 30.6 Å². The Morgan fingerprint density at radius 3 is 3.05 bits per heavy atom. The average molecular weight is 274 g/mol. The smallest absolute Gasteiger partial charge is 0.233 e. The molecule has 1 amide bonds. The molecule has 0 unspecified atom stereocenters. The van der Waals surface area contributed by atoms with Gasteiger partial charge in [-0.1, -0.05) is 6.42 Å². The van der Waals surface area contributed by atoms with Gasteiger partial charge >= 0.3 is 0 Å². The third kappa shape index (κ3) is 2.22. The molecular weight excluding hydrogens is 252 g/mol. The van der Waals surface area contributed by atoms with Crippen molar-refractivity contribution in [3.05, 3.63) is 24.0 Å². The van der Waals surface area contributed by atoms with Gasteiger partial charge in [-0.2, -0.15) is 0 Å². The second-order valence-electron chi connectivity index (χ2n) is 5.79. The fraction of sp³-hybridized carbons (Fsp3) is 0.625. The maximum atomic E-state index is 13.0. The number of nitrogens with zero attached hydrogens (tertiary/aromatic N) is 2. The van der Waals surface area contributed by atoms with Crippen molar-refractivity contribution in [2.24, 2.45) is 5.41 Å². The lowest BCUT2D eigenvalue weighted by atomic mass is 9.66. The summed E-state index contributed by atoms with van der Waals surface area (Å²) >= 11 is 0. The summed E-state index contributed by atoms with van der Waals surface area (Å²) in [5.41, 5.74) is 2.09. The second kappa shape index (κ2) is 5.52. The van der Waals surface area contributed by atoms with E-state index >= 15 is 0 Å². The van der Waals surface area contributed by atoms with Gasteiger partial charge in [-0.05, 0) is 44.2 Å². The molecule has 0 aromatic carbocycles. The zero-order valence-corrected chi connectivity index (χ0v) is 12.1. The first-order valence-electron chi connectivity index (χ1n) is 7.59. The van der Waals surface area contributed by atoms with Gasteiger partial charge in [0.25, 0.3) is 0 Å². The van der Waals surface area contributed by atoms with Gasteiger partial charge in [-0.3, -0.25) is 9.78 Å². The van der Waals surface area contributed by atoms with Crippen LogP contribution < -0.4 is 4.90 Å². The maximum Gasteiger partial charge on any atom is 0.233 e. The second-order valence-corrected chi connectivity index (χ2v) is 5.79. The summed E-state index contributed by atoms with van der Waals surface area (Å²) < 4.78 is 5.47. The number of fused-ring (bicyclic) bond motifs is 1. The third-order valence-corrected chi connectivity index (χ3v) is 4.71. The van der Waals surface area contributed by atoms with E-state index in [0.29, 0.717) is 12.5 Å². The van der Waals surface area contributed by atoms with E-state index in [1.807, 2.05) is 24.1 Å². The van der Waals surface area contributed by atoms with Crippen LogP contribution in [0.3, 0.4) is 0 Å². The van der Waals surface area contributed by atoms with Gasteiger partial charge < -0.3 is 9.64 Å². The van der Waals surface area contributed by atoms with Crippen molar-refractivity contribution in [3.63, 3.8) is 0 Å². The van der Waals surface area contributed by atoms with Gasteiger partial charge in [0.05, 0.1) is 5.41 Å². The number of anilines is 1. The Morgan fingerprint density at radius 2 is 2.35 bits per heavy atom. The molecule has 1 aromatic heterocycles. The molecule has 1 fully saturated rings. The maximum absolute atomic E-state index is 13.0.